The fraction of sp³-hybridized carbons (Fsp3) is 0.909. The highest BCUT2D eigenvalue weighted by Gasteiger charge is 2.43. The summed E-state index contributed by atoms with van der Waals surface area (Å²) in [5.74, 6) is 0. The van der Waals surface area contributed by atoms with Crippen molar-refractivity contribution in [2.24, 2.45) is 0 Å². The average Bonchev–Trinajstić information content (AvgIpc) is 2.57. The Bertz CT molecular complexity index is 224. The zero-order chi connectivity index (χ0) is 10.3. The highest BCUT2D eigenvalue weighted by Crippen LogP contribution is 2.38. The number of hydrogen-bond donors (Lipinski definition) is 0. The van der Waals surface area contributed by atoms with Crippen LogP contribution in [0.15, 0.2) is 0 Å². The molecule has 0 saturated carbocycles. The largest absolute Gasteiger partial charge is 0.444 e. The van der Waals surface area contributed by atoms with E-state index in [2.05, 4.69) is 0 Å². The van der Waals surface area contributed by atoms with Crippen molar-refractivity contribution in [3.63, 3.8) is 0 Å². The SMILES string of the molecule is CC(C)(C)OC(=O)N1C2CCC1CC2. The lowest BCUT2D eigenvalue weighted by Crippen LogP contribution is -2.39. The van der Waals surface area contributed by atoms with E-state index in [1.807, 2.05) is 25.7 Å². The molecule has 2 bridgehead atoms. The molecule has 0 N–H and O–H groups in total. The molecule has 3 heteroatoms. The number of carbonyl (C=O) groups is 1. The van der Waals surface area contributed by atoms with Crippen LogP contribution in [-0.4, -0.2) is 28.7 Å². The molecule has 2 saturated heterocycles. The summed E-state index contributed by atoms with van der Waals surface area (Å²) in [6.45, 7) is 5.76. The maximum atomic E-state index is 11.8. The van der Waals surface area contributed by atoms with E-state index in [0.29, 0.717) is 12.1 Å². The second-order valence-electron chi connectivity index (χ2n) is 5.35. The van der Waals surface area contributed by atoms with Crippen molar-refractivity contribution in [1.29, 1.82) is 0 Å². The van der Waals surface area contributed by atoms with Gasteiger partial charge in [-0.05, 0) is 46.5 Å². The van der Waals surface area contributed by atoms with Crippen LogP contribution < -0.4 is 0 Å². The standard InChI is InChI=1S/C11H19NO2/c1-11(2,3)14-10(13)12-8-4-5-9(12)7-6-8/h8-9H,4-7H2,1-3H3. The minimum Gasteiger partial charge on any atom is -0.444 e. The minimum absolute atomic E-state index is 0.109. The Morgan fingerprint density at radius 2 is 1.57 bits per heavy atom. The zero-order valence-corrected chi connectivity index (χ0v) is 9.25. The molecule has 80 valence electrons. The molecule has 0 aromatic carbocycles. The number of hydrogen-bond acceptors (Lipinski definition) is 2. The number of carbonyl (C=O) groups excluding carboxylic acids is 1. The van der Waals surface area contributed by atoms with Crippen LogP contribution in [-0.2, 0) is 4.74 Å². The number of amides is 1. The van der Waals surface area contributed by atoms with Gasteiger partial charge in [0.15, 0.2) is 0 Å². The van der Waals surface area contributed by atoms with Crippen molar-refractivity contribution >= 4 is 6.09 Å². The lowest BCUT2D eigenvalue weighted by Gasteiger charge is -2.27. The molecular formula is C11H19NO2. The van der Waals surface area contributed by atoms with Gasteiger partial charge in [-0.2, -0.15) is 0 Å². The quantitative estimate of drug-likeness (QED) is 0.597. The summed E-state index contributed by atoms with van der Waals surface area (Å²) >= 11 is 0. The van der Waals surface area contributed by atoms with Gasteiger partial charge in [0.25, 0.3) is 0 Å². The van der Waals surface area contributed by atoms with Crippen LogP contribution in [0.4, 0.5) is 4.79 Å². The Morgan fingerprint density at radius 3 is 1.93 bits per heavy atom. The Balaban J connectivity index is 1.99. The zero-order valence-electron chi connectivity index (χ0n) is 9.25. The molecule has 1 amide bonds. The fourth-order valence-electron chi connectivity index (χ4n) is 2.53. The van der Waals surface area contributed by atoms with Gasteiger partial charge < -0.3 is 9.64 Å². The van der Waals surface area contributed by atoms with Crippen LogP contribution in [0.1, 0.15) is 46.5 Å². The van der Waals surface area contributed by atoms with Crippen LogP contribution in [0.3, 0.4) is 0 Å². The number of fused-ring (bicyclic) bond motifs is 2. The molecule has 2 aliphatic rings. The minimum atomic E-state index is -0.362. The predicted molar refractivity (Wildman–Crippen MR) is 54.1 cm³/mol. The second kappa shape index (κ2) is 3.14. The maximum Gasteiger partial charge on any atom is 0.410 e. The van der Waals surface area contributed by atoms with Crippen LogP contribution >= 0.6 is 0 Å². The first-order chi connectivity index (χ1) is 6.47. The van der Waals surface area contributed by atoms with Crippen molar-refractivity contribution in [3.8, 4) is 0 Å². The second-order valence-corrected chi connectivity index (χ2v) is 5.35. The molecule has 0 spiro atoms. The molecule has 2 heterocycles. The van der Waals surface area contributed by atoms with E-state index in [9.17, 15) is 4.79 Å². The Kier molecular flexibility index (Phi) is 2.20. The van der Waals surface area contributed by atoms with E-state index in [-0.39, 0.29) is 11.7 Å². The third-order valence-corrected chi connectivity index (χ3v) is 3.06. The topological polar surface area (TPSA) is 29.5 Å². The molecular weight excluding hydrogens is 178 g/mol. The van der Waals surface area contributed by atoms with E-state index in [1.54, 1.807) is 0 Å². The molecule has 0 atom stereocenters. The van der Waals surface area contributed by atoms with Crippen LogP contribution in [0.5, 0.6) is 0 Å². The van der Waals surface area contributed by atoms with Crippen LogP contribution in [0, 0.1) is 0 Å². The molecule has 14 heavy (non-hydrogen) atoms. The normalized spacial score (nSPS) is 30.9. The van der Waals surface area contributed by atoms with Gasteiger partial charge >= 0.3 is 6.09 Å². The molecule has 0 aromatic heterocycles. The summed E-state index contributed by atoms with van der Waals surface area (Å²) in [6, 6.07) is 0.935. The third kappa shape index (κ3) is 1.72. The van der Waals surface area contributed by atoms with E-state index in [4.69, 9.17) is 4.74 Å². The molecule has 0 radical (unpaired) electrons. The summed E-state index contributed by atoms with van der Waals surface area (Å²) in [6.07, 6.45) is 4.57. The molecule has 2 fully saturated rings. The first kappa shape index (κ1) is 9.81. The van der Waals surface area contributed by atoms with Gasteiger partial charge in [0.2, 0.25) is 0 Å². The molecule has 2 rings (SSSR count). The summed E-state index contributed by atoms with van der Waals surface area (Å²) in [7, 11) is 0. The maximum absolute atomic E-state index is 11.8. The average molecular weight is 197 g/mol. The molecule has 0 unspecified atom stereocenters. The van der Waals surface area contributed by atoms with Crippen molar-refractivity contribution in [2.75, 3.05) is 0 Å². The smallest absolute Gasteiger partial charge is 0.410 e. The number of ether oxygens (including phenoxy) is 1. The Labute approximate surface area is 85.4 Å². The van der Waals surface area contributed by atoms with Gasteiger partial charge in [0.1, 0.15) is 5.60 Å². The predicted octanol–water partition coefficient (Wildman–Crippen LogP) is 2.55. The number of rotatable bonds is 0. The van der Waals surface area contributed by atoms with Gasteiger partial charge in [-0.1, -0.05) is 0 Å². The molecule has 2 aliphatic heterocycles. The third-order valence-electron chi connectivity index (χ3n) is 3.06. The van der Waals surface area contributed by atoms with Gasteiger partial charge in [0.05, 0.1) is 0 Å². The van der Waals surface area contributed by atoms with E-state index in [1.165, 1.54) is 25.7 Å². The monoisotopic (exact) mass is 197 g/mol. The van der Waals surface area contributed by atoms with Gasteiger partial charge in [0, 0.05) is 12.1 Å². The van der Waals surface area contributed by atoms with Gasteiger partial charge in [-0.3, -0.25) is 0 Å². The van der Waals surface area contributed by atoms with Crippen molar-refractivity contribution in [3.05, 3.63) is 0 Å². The first-order valence-corrected chi connectivity index (χ1v) is 5.49. The van der Waals surface area contributed by atoms with Crippen molar-refractivity contribution < 1.29 is 9.53 Å². The summed E-state index contributed by atoms with van der Waals surface area (Å²) < 4.78 is 5.39. The number of nitrogens with zero attached hydrogens (tertiary/aromatic N) is 1. The first-order valence-electron chi connectivity index (χ1n) is 5.49. The summed E-state index contributed by atoms with van der Waals surface area (Å²) in [5.41, 5.74) is -0.362. The van der Waals surface area contributed by atoms with Crippen LogP contribution in [0.25, 0.3) is 0 Å². The Hall–Kier alpha value is -0.730. The highest BCUT2D eigenvalue weighted by atomic mass is 16.6. The van der Waals surface area contributed by atoms with E-state index in [0.717, 1.165) is 0 Å². The van der Waals surface area contributed by atoms with Crippen molar-refractivity contribution in [1.82, 2.24) is 4.90 Å². The van der Waals surface area contributed by atoms with Crippen molar-refractivity contribution in [2.45, 2.75) is 64.1 Å². The summed E-state index contributed by atoms with van der Waals surface area (Å²) in [4.78, 5) is 13.8. The fourth-order valence-corrected chi connectivity index (χ4v) is 2.53. The van der Waals surface area contributed by atoms with Gasteiger partial charge in [-0.25, -0.2) is 4.79 Å². The highest BCUT2D eigenvalue weighted by molar-refractivity contribution is 5.69. The lowest BCUT2D eigenvalue weighted by atomic mass is 10.0. The van der Waals surface area contributed by atoms with Crippen LogP contribution in [0.2, 0.25) is 0 Å². The Morgan fingerprint density at radius 1 is 1.14 bits per heavy atom. The lowest BCUT2D eigenvalue weighted by molar-refractivity contribution is 0.0217. The molecule has 0 aromatic rings. The van der Waals surface area contributed by atoms with E-state index >= 15 is 0 Å². The molecule has 0 aliphatic carbocycles. The van der Waals surface area contributed by atoms with E-state index < -0.39 is 0 Å². The van der Waals surface area contributed by atoms with Gasteiger partial charge in [-0.15, -0.1) is 0 Å². The summed E-state index contributed by atoms with van der Waals surface area (Å²) in [5, 5.41) is 0. The molecule has 3 nitrogen and oxygen atoms in total.